The van der Waals surface area contributed by atoms with Crippen molar-refractivity contribution < 1.29 is 5.11 Å². The molecule has 0 amide bonds. The van der Waals surface area contributed by atoms with Gasteiger partial charge in [0.1, 0.15) is 0 Å². The summed E-state index contributed by atoms with van der Waals surface area (Å²) in [5, 5.41) is 14.6. The standard InChI is InChI=1S/C7H10N2OS/c10-7-2-8-1-5(7)6-3-11-4-9-6/h3-5,7-8,10H,1-2H2/t5-,7+/m0/s1. The zero-order valence-electron chi connectivity index (χ0n) is 6.03. The van der Waals surface area contributed by atoms with Crippen LogP contribution in [0.1, 0.15) is 11.6 Å². The number of aliphatic hydroxyl groups excluding tert-OH is 1. The first-order chi connectivity index (χ1) is 5.38. The predicted molar refractivity (Wildman–Crippen MR) is 43.7 cm³/mol. The van der Waals surface area contributed by atoms with Crippen LogP contribution in [-0.2, 0) is 0 Å². The van der Waals surface area contributed by atoms with Gasteiger partial charge in [-0.1, -0.05) is 0 Å². The predicted octanol–water partition coefficient (Wildman–Crippen LogP) is 0.191. The molecule has 0 bridgehead atoms. The fourth-order valence-corrected chi connectivity index (χ4v) is 1.99. The highest BCUT2D eigenvalue weighted by molar-refractivity contribution is 7.07. The fraction of sp³-hybridized carbons (Fsp3) is 0.571. The maximum absolute atomic E-state index is 9.46. The highest BCUT2D eigenvalue weighted by Crippen LogP contribution is 2.21. The summed E-state index contributed by atoms with van der Waals surface area (Å²) in [6.07, 6.45) is -0.253. The van der Waals surface area contributed by atoms with Crippen molar-refractivity contribution in [3.05, 3.63) is 16.6 Å². The van der Waals surface area contributed by atoms with Crippen LogP contribution in [0.3, 0.4) is 0 Å². The van der Waals surface area contributed by atoms with Crippen molar-refractivity contribution in [2.75, 3.05) is 13.1 Å². The summed E-state index contributed by atoms with van der Waals surface area (Å²) in [5.41, 5.74) is 2.83. The van der Waals surface area contributed by atoms with Gasteiger partial charge in [-0.2, -0.15) is 0 Å². The average molecular weight is 170 g/mol. The Balaban J connectivity index is 2.16. The Morgan fingerprint density at radius 3 is 3.09 bits per heavy atom. The number of thiazole rings is 1. The first-order valence-corrected chi connectivity index (χ1v) is 4.59. The van der Waals surface area contributed by atoms with E-state index in [1.54, 1.807) is 16.8 Å². The van der Waals surface area contributed by atoms with Gasteiger partial charge in [0.2, 0.25) is 0 Å². The molecule has 60 valence electrons. The van der Waals surface area contributed by atoms with E-state index in [4.69, 9.17) is 0 Å². The molecule has 0 aromatic carbocycles. The fourth-order valence-electron chi connectivity index (χ4n) is 1.37. The summed E-state index contributed by atoms with van der Waals surface area (Å²) < 4.78 is 0. The van der Waals surface area contributed by atoms with Gasteiger partial charge in [-0.05, 0) is 0 Å². The van der Waals surface area contributed by atoms with Crippen molar-refractivity contribution in [2.24, 2.45) is 0 Å². The molecule has 1 fully saturated rings. The molecular weight excluding hydrogens is 160 g/mol. The van der Waals surface area contributed by atoms with Crippen LogP contribution in [0.4, 0.5) is 0 Å². The molecule has 2 atom stereocenters. The van der Waals surface area contributed by atoms with Crippen LogP contribution < -0.4 is 5.32 Å². The molecule has 1 aromatic rings. The first kappa shape index (κ1) is 7.21. The van der Waals surface area contributed by atoms with Gasteiger partial charge in [-0.15, -0.1) is 11.3 Å². The molecule has 2 heterocycles. The molecule has 3 nitrogen and oxygen atoms in total. The highest BCUT2D eigenvalue weighted by Gasteiger charge is 2.27. The molecule has 1 aromatic heterocycles. The quantitative estimate of drug-likeness (QED) is 0.632. The van der Waals surface area contributed by atoms with Gasteiger partial charge < -0.3 is 10.4 Å². The minimum absolute atomic E-state index is 0.209. The average Bonchev–Trinajstić information content (AvgIpc) is 2.55. The number of rotatable bonds is 1. The number of nitrogens with zero attached hydrogens (tertiary/aromatic N) is 1. The van der Waals surface area contributed by atoms with Crippen molar-refractivity contribution in [3.63, 3.8) is 0 Å². The van der Waals surface area contributed by atoms with Crippen LogP contribution in [0.15, 0.2) is 10.9 Å². The lowest BCUT2D eigenvalue weighted by molar-refractivity contribution is 0.176. The third-order valence-electron chi connectivity index (χ3n) is 2.01. The molecule has 4 heteroatoms. The number of nitrogens with one attached hydrogen (secondary N) is 1. The van der Waals surface area contributed by atoms with Gasteiger partial charge in [0.05, 0.1) is 17.3 Å². The van der Waals surface area contributed by atoms with Crippen molar-refractivity contribution in [3.8, 4) is 0 Å². The third-order valence-corrected chi connectivity index (χ3v) is 2.62. The minimum atomic E-state index is -0.253. The molecule has 11 heavy (non-hydrogen) atoms. The molecule has 0 saturated carbocycles. The molecule has 0 spiro atoms. The molecular formula is C7H10N2OS. The molecule has 1 aliphatic heterocycles. The van der Waals surface area contributed by atoms with E-state index in [1.807, 2.05) is 5.38 Å². The molecule has 0 aliphatic carbocycles. The second-order valence-electron chi connectivity index (χ2n) is 2.75. The van der Waals surface area contributed by atoms with Gasteiger partial charge >= 0.3 is 0 Å². The van der Waals surface area contributed by atoms with Crippen LogP contribution in [0, 0.1) is 0 Å². The number of aromatic nitrogens is 1. The largest absolute Gasteiger partial charge is 0.391 e. The van der Waals surface area contributed by atoms with E-state index in [-0.39, 0.29) is 12.0 Å². The third kappa shape index (κ3) is 1.29. The van der Waals surface area contributed by atoms with Crippen molar-refractivity contribution in [1.82, 2.24) is 10.3 Å². The lowest BCUT2D eigenvalue weighted by Crippen LogP contribution is -2.16. The Labute approximate surface area is 69.1 Å². The summed E-state index contributed by atoms with van der Waals surface area (Å²) in [7, 11) is 0. The molecule has 2 rings (SSSR count). The zero-order chi connectivity index (χ0) is 7.68. The van der Waals surface area contributed by atoms with E-state index in [1.165, 1.54) is 0 Å². The first-order valence-electron chi connectivity index (χ1n) is 3.65. The molecule has 1 saturated heterocycles. The number of β-amino-alcohol motifs (C(OH)–C–C–N with tert-alkyl or cyclic N) is 1. The Bertz CT molecular complexity index is 224. The van der Waals surface area contributed by atoms with Gasteiger partial charge in [-0.25, -0.2) is 4.98 Å². The highest BCUT2D eigenvalue weighted by atomic mass is 32.1. The maximum Gasteiger partial charge on any atom is 0.0794 e. The Kier molecular flexibility index (Phi) is 1.89. The molecule has 2 N–H and O–H groups in total. The van der Waals surface area contributed by atoms with Crippen LogP contribution >= 0.6 is 11.3 Å². The normalized spacial score (nSPS) is 31.0. The topological polar surface area (TPSA) is 45.1 Å². The van der Waals surface area contributed by atoms with Crippen LogP contribution in [0.2, 0.25) is 0 Å². The van der Waals surface area contributed by atoms with Crippen molar-refractivity contribution >= 4 is 11.3 Å². The Hall–Kier alpha value is -0.450. The second-order valence-corrected chi connectivity index (χ2v) is 3.46. The van der Waals surface area contributed by atoms with Crippen LogP contribution in [-0.4, -0.2) is 29.3 Å². The summed E-state index contributed by atoms with van der Waals surface area (Å²) >= 11 is 1.58. The summed E-state index contributed by atoms with van der Waals surface area (Å²) in [4.78, 5) is 4.17. The van der Waals surface area contributed by atoms with E-state index in [0.29, 0.717) is 6.54 Å². The second kappa shape index (κ2) is 2.89. The Morgan fingerprint density at radius 2 is 2.55 bits per heavy atom. The minimum Gasteiger partial charge on any atom is -0.391 e. The monoisotopic (exact) mass is 170 g/mol. The summed E-state index contributed by atoms with van der Waals surface area (Å²) in [6.45, 7) is 1.55. The van der Waals surface area contributed by atoms with Gasteiger partial charge in [-0.3, -0.25) is 0 Å². The van der Waals surface area contributed by atoms with Crippen LogP contribution in [0.5, 0.6) is 0 Å². The van der Waals surface area contributed by atoms with Crippen molar-refractivity contribution in [2.45, 2.75) is 12.0 Å². The molecule has 0 unspecified atom stereocenters. The molecule has 0 radical (unpaired) electrons. The van der Waals surface area contributed by atoms with Gasteiger partial charge in [0.15, 0.2) is 0 Å². The van der Waals surface area contributed by atoms with Gasteiger partial charge in [0, 0.05) is 24.4 Å². The zero-order valence-corrected chi connectivity index (χ0v) is 6.84. The summed E-state index contributed by atoms with van der Waals surface area (Å²) in [6, 6.07) is 0. The smallest absolute Gasteiger partial charge is 0.0794 e. The summed E-state index contributed by atoms with van der Waals surface area (Å²) in [5.74, 6) is 0.209. The lowest BCUT2D eigenvalue weighted by atomic mass is 10.0. The number of aliphatic hydroxyl groups is 1. The Morgan fingerprint density at radius 1 is 1.64 bits per heavy atom. The number of hydrogen-bond donors (Lipinski definition) is 2. The lowest BCUT2D eigenvalue weighted by Gasteiger charge is -2.08. The molecule has 1 aliphatic rings. The van der Waals surface area contributed by atoms with E-state index >= 15 is 0 Å². The van der Waals surface area contributed by atoms with Crippen molar-refractivity contribution in [1.29, 1.82) is 0 Å². The maximum atomic E-state index is 9.46. The van der Waals surface area contributed by atoms with E-state index in [0.717, 1.165) is 12.2 Å². The van der Waals surface area contributed by atoms with E-state index in [2.05, 4.69) is 10.3 Å². The van der Waals surface area contributed by atoms with Crippen LogP contribution in [0.25, 0.3) is 0 Å². The van der Waals surface area contributed by atoms with Gasteiger partial charge in [0.25, 0.3) is 0 Å². The number of hydrogen-bond acceptors (Lipinski definition) is 4. The SMILES string of the molecule is O[C@@H]1CNC[C@H]1c1cscn1. The van der Waals surface area contributed by atoms with E-state index in [9.17, 15) is 5.11 Å². The van der Waals surface area contributed by atoms with E-state index < -0.39 is 0 Å².